The van der Waals surface area contributed by atoms with Gasteiger partial charge in [0.2, 0.25) is 5.91 Å². The summed E-state index contributed by atoms with van der Waals surface area (Å²) in [5.41, 5.74) is 1.12. The Morgan fingerprint density at radius 2 is 2.03 bits per heavy atom. The Bertz CT molecular complexity index is 1200. The molecular formula is C24H25N5O4. The van der Waals surface area contributed by atoms with Gasteiger partial charge in [-0.3, -0.25) is 19.4 Å². The van der Waals surface area contributed by atoms with Crippen LogP contribution in [-0.4, -0.2) is 52.2 Å². The predicted octanol–water partition coefficient (Wildman–Crippen LogP) is 2.85. The molecule has 33 heavy (non-hydrogen) atoms. The fourth-order valence-electron chi connectivity index (χ4n) is 4.75. The van der Waals surface area contributed by atoms with Crippen molar-refractivity contribution >= 4 is 34.5 Å². The zero-order valence-electron chi connectivity index (χ0n) is 18.3. The lowest BCUT2D eigenvalue weighted by molar-refractivity contribution is -0.114. The van der Waals surface area contributed by atoms with Crippen LogP contribution in [0.25, 0.3) is 11.0 Å². The van der Waals surface area contributed by atoms with E-state index in [-0.39, 0.29) is 23.1 Å². The highest BCUT2D eigenvalue weighted by Crippen LogP contribution is 2.59. The van der Waals surface area contributed by atoms with Gasteiger partial charge in [-0.1, -0.05) is 6.07 Å². The number of nitrogens with one attached hydrogen (secondary N) is 2. The first-order valence-electron chi connectivity index (χ1n) is 11.1. The Morgan fingerprint density at radius 1 is 1.21 bits per heavy atom. The van der Waals surface area contributed by atoms with Gasteiger partial charge in [0.25, 0.3) is 11.8 Å². The van der Waals surface area contributed by atoms with Crippen molar-refractivity contribution in [3.05, 3.63) is 54.2 Å². The number of nitrogens with zero attached hydrogens (tertiary/aromatic N) is 3. The predicted molar refractivity (Wildman–Crippen MR) is 121 cm³/mol. The van der Waals surface area contributed by atoms with E-state index in [1.807, 2.05) is 11.0 Å². The zero-order chi connectivity index (χ0) is 23.0. The number of pyridine rings is 2. The fourth-order valence-corrected chi connectivity index (χ4v) is 4.75. The van der Waals surface area contributed by atoms with Crippen LogP contribution in [0.2, 0.25) is 0 Å². The summed E-state index contributed by atoms with van der Waals surface area (Å²) in [6, 6.07) is 8.59. The van der Waals surface area contributed by atoms with Gasteiger partial charge in [-0.15, -0.1) is 0 Å². The Morgan fingerprint density at radius 3 is 2.79 bits per heavy atom. The van der Waals surface area contributed by atoms with Crippen LogP contribution in [0.15, 0.2) is 47.1 Å². The maximum absolute atomic E-state index is 12.9. The van der Waals surface area contributed by atoms with Crippen LogP contribution in [0, 0.1) is 11.3 Å². The molecule has 1 aliphatic carbocycles. The Labute approximate surface area is 190 Å². The third-order valence-electron chi connectivity index (χ3n) is 6.73. The number of anilines is 1. The van der Waals surface area contributed by atoms with Crippen molar-refractivity contribution in [2.75, 3.05) is 25.0 Å². The number of likely N-dealkylation sites (tertiary alicyclic amines) is 1. The minimum absolute atomic E-state index is 0.123. The summed E-state index contributed by atoms with van der Waals surface area (Å²) in [4.78, 5) is 46.7. The number of fused-ring (bicyclic) bond motifs is 1. The molecule has 2 fully saturated rings. The number of amides is 3. The summed E-state index contributed by atoms with van der Waals surface area (Å²) >= 11 is 0. The molecule has 1 saturated heterocycles. The number of piperidine rings is 1. The van der Waals surface area contributed by atoms with Gasteiger partial charge in [-0.2, -0.15) is 0 Å². The van der Waals surface area contributed by atoms with Crippen molar-refractivity contribution in [3.63, 3.8) is 0 Å². The highest BCUT2D eigenvalue weighted by atomic mass is 16.3. The second kappa shape index (κ2) is 8.31. The molecule has 1 spiro atoms. The third kappa shape index (κ3) is 4.30. The van der Waals surface area contributed by atoms with Crippen molar-refractivity contribution in [3.8, 4) is 0 Å². The molecule has 1 saturated carbocycles. The third-order valence-corrected chi connectivity index (χ3v) is 6.73. The van der Waals surface area contributed by atoms with Gasteiger partial charge in [0.05, 0.1) is 6.20 Å². The molecule has 0 bridgehead atoms. The van der Waals surface area contributed by atoms with Crippen LogP contribution in [0.4, 0.5) is 5.82 Å². The van der Waals surface area contributed by atoms with Crippen molar-refractivity contribution < 1.29 is 18.8 Å². The Hall–Kier alpha value is -3.75. The molecule has 3 amide bonds. The largest absolute Gasteiger partial charge is 0.449 e. The molecule has 0 radical (unpaired) electrons. The summed E-state index contributed by atoms with van der Waals surface area (Å²) in [5, 5.41) is 6.46. The molecule has 3 aromatic heterocycles. The number of aromatic nitrogens is 2. The lowest BCUT2D eigenvalue weighted by Crippen LogP contribution is -2.40. The first kappa shape index (κ1) is 21.1. The van der Waals surface area contributed by atoms with Gasteiger partial charge in [-0.25, -0.2) is 4.98 Å². The van der Waals surface area contributed by atoms with Gasteiger partial charge in [0, 0.05) is 38.1 Å². The average molecular weight is 447 g/mol. The van der Waals surface area contributed by atoms with Crippen molar-refractivity contribution in [2.24, 2.45) is 11.3 Å². The van der Waals surface area contributed by atoms with Crippen LogP contribution in [0.1, 0.15) is 47.2 Å². The molecule has 5 rings (SSSR count). The maximum Gasteiger partial charge on any atom is 0.287 e. The Balaban J connectivity index is 1.13. The van der Waals surface area contributed by atoms with Gasteiger partial charge in [0.1, 0.15) is 11.5 Å². The molecule has 9 nitrogen and oxygen atoms in total. The van der Waals surface area contributed by atoms with E-state index in [1.54, 1.807) is 36.7 Å². The monoisotopic (exact) mass is 447 g/mol. The number of furan rings is 1. The molecule has 0 aromatic carbocycles. The lowest BCUT2D eigenvalue weighted by atomic mass is 9.90. The van der Waals surface area contributed by atoms with E-state index in [1.165, 1.54) is 6.92 Å². The molecule has 2 aliphatic rings. The van der Waals surface area contributed by atoms with E-state index in [9.17, 15) is 14.4 Å². The summed E-state index contributed by atoms with van der Waals surface area (Å²) in [6.07, 6.45) is 6.13. The lowest BCUT2D eigenvalue weighted by Gasteiger charge is -2.33. The molecular weight excluding hydrogens is 422 g/mol. The molecule has 1 unspecified atom stereocenters. The molecule has 1 atom stereocenters. The summed E-state index contributed by atoms with van der Waals surface area (Å²) < 4.78 is 5.58. The zero-order valence-corrected chi connectivity index (χ0v) is 18.3. The molecule has 9 heteroatoms. The van der Waals surface area contributed by atoms with Gasteiger partial charge in [-0.05, 0) is 54.9 Å². The van der Waals surface area contributed by atoms with E-state index < -0.39 is 0 Å². The van der Waals surface area contributed by atoms with E-state index in [2.05, 4.69) is 20.6 Å². The van der Waals surface area contributed by atoms with E-state index in [4.69, 9.17) is 4.42 Å². The molecule has 4 heterocycles. The number of hydrogen-bond donors (Lipinski definition) is 2. The highest BCUT2D eigenvalue weighted by Gasteiger charge is 2.54. The number of carbonyl (C=O) groups excluding carboxylic acids is 3. The number of carbonyl (C=O) groups is 3. The minimum Gasteiger partial charge on any atom is -0.449 e. The first-order chi connectivity index (χ1) is 15.9. The number of rotatable bonds is 5. The molecule has 2 N–H and O–H groups in total. The van der Waals surface area contributed by atoms with Crippen LogP contribution >= 0.6 is 0 Å². The van der Waals surface area contributed by atoms with Crippen LogP contribution in [0.3, 0.4) is 0 Å². The summed E-state index contributed by atoms with van der Waals surface area (Å²) in [5.74, 6) is 0.512. The number of hydrogen-bond acceptors (Lipinski definition) is 6. The van der Waals surface area contributed by atoms with Crippen molar-refractivity contribution in [1.82, 2.24) is 20.2 Å². The second-order valence-electron chi connectivity index (χ2n) is 8.88. The molecule has 3 aromatic rings. The first-order valence-corrected chi connectivity index (χ1v) is 11.1. The van der Waals surface area contributed by atoms with E-state index in [0.29, 0.717) is 48.4 Å². The minimum atomic E-state index is -0.226. The van der Waals surface area contributed by atoms with Gasteiger partial charge in [0.15, 0.2) is 11.3 Å². The normalized spacial score (nSPS) is 18.8. The van der Waals surface area contributed by atoms with Crippen LogP contribution in [-0.2, 0) is 4.79 Å². The SMILES string of the molecule is CC(=O)Nc1cccc(C(=O)N2CCC3(CC2)CC3CNC(=O)c2cc3ccncc3o2)n1. The standard InChI is InChI=1S/C24H25N5O4/c1-15(30)27-21-4-2-3-18(28-21)23(32)29-9-6-24(7-10-29)12-17(24)13-26-22(31)19-11-16-5-8-25-14-20(16)33-19/h2-5,8,11,14,17H,6-7,9-10,12-13H2,1H3,(H,26,31)(H,27,28,30). The molecule has 1 aliphatic heterocycles. The highest BCUT2D eigenvalue weighted by molar-refractivity contribution is 5.96. The van der Waals surface area contributed by atoms with Crippen molar-refractivity contribution in [2.45, 2.75) is 26.2 Å². The van der Waals surface area contributed by atoms with Gasteiger partial charge < -0.3 is 20.0 Å². The van der Waals surface area contributed by atoms with Crippen molar-refractivity contribution in [1.29, 1.82) is 0 Å². The fraction of sp³-hybridized carbons (Fsp3) is 0.375. The quantitative estimate of drug-likeness (QED) is 0.621. The van der Waals surface area contributed by atoms with Gasteiger partial charge >= 0.3 is 0 Å². The van der Waals surface area contributed by atoms with E-state index >= 15 is 0 Å². The van der Waals surface area contributed by atoms with Crippen LogP contribution in [0.5, 0.6) is 0 Å². The average Bonchev–Trinajstić information content (AvgIpc) is 3.28. The topological polar surface area (TPSA) is 117 Å². The van der Waals surface area contributed by atoms with Crippen LogP contribution < -0.4 is 10.6 Å². The Kier molecular flexibility index (Phi) is 5.32. The van der Waals surface area contributed by atoms with E-state index in [0.717, 1.165) is 24.6 Å². The maximum atomic E-state index is 12.9. The smallest absolute Gasteiger partial charge is 0.287 e. The second-order valence-corrected chi connectivity index (χ2v) is 8.88. The summed E-state index contributed by atoms with van der Waals surface area (Å²) in [6.45, 7) is 3.32. The summed E-state index contributed by atoms with van der Waals surface area (Å²) in [7, 11) is 0. The molecule has 170 valence electrons.